The van der Waals surface area contributed by atoms with Crippen molar-refractivity contribution in [2.45, 2.75) is 6.92 Å². The molecule has 5 heteroatoms. The van der Waals surface area contributed by atoms with E-state index in [-0.39, 0.29) is 33.5 Å². The standard InChI is InChI=1S/C14H10O5/c1-6-4-9(16)13(18)14-11(6)12(17)8-3-2-7(15)5-10(8)19-14/h2-5,15-16,18H,1H3. The molecule has 1 aromatic heterocycles. The molecule has 0 saturated carbocycles. The quantitative estimate of drug-likeness (QED) is 0.425. The molecule has 0 aliphatic rings. The number of aryl methyl sites for hydroxylation is 1. The van der Waals surface area contributed by atoms with Crippen molar-refractivity contribution >= 4 is 21.9 Å². The third-order valence-electron chi connectivity index (χ3n) is 3.08. The lowest BCUT2D eigenvalue weighted by Gasteiger charge is -2.07. The fourth-order valence-electron chi connectivity index (χ4n) is 2.17. The molecule has 5 nitrogen and oxygen atoms in total. The van der Waals surface area contributed by atoms with Crippen LogP contribution in [0.15, 0.2) is 33.5 Å². The predicted octanol–water partition coefficient (Wildman–Crippen LogP) is 2.37. The van der Waals surface area contributed by atoms with Crippen LogP contribution < -0.4 is 5.43 Å². The number of rotatable bonds is 0. The van der Waals surface area contributed by atoms with Gasteiger partial charge in [-0.2, -0.15) is 0 Å². The number of hydrogen-bond acceptors (Lipinski definition) is 5. The highest BCUT2D eigenvalue weighted by molar-refractivity contribution is 5.95. The summed E-state index contributed by atoms with van der Waals surface area (Å²) in [5, 5.41) is 29.3. The van der Waals surface area contributed by atoms with Crippen molar-refractivity contribution < 1.29 is 19.7 Å². The fourth-order valence-corrected chi connectivity index (χ4v) is 2.17. The minimum absolute atomic E-state index is 0.0497. The van der Waals surface area contributed by atoms with E-state index in [2.05, 4.69) is 0 Å². The first-order chi connectivity index (χ1) is 8.99. The monoisotopic (exact) mass is 258 g/mol. The molecule has 3 rings (SSSR count). The van der Waals surface area contributed by atoms with Crippen LogP contribution in [-0.4, -0.2) is 15.3 Å². The van der Waals surface area contributed by atoms with E-state index in [0.29, 0.717) is 10.9 Å². The normalized spacial score (nSPS) is 11.2. The van der Waals surface area contributed by atoms with Crippen molar-refractivity contribution in [3.8, 4) is 17.2 Å². The lowest BCUT2D eigenvalue weighted by Crippen LogP contribution is -2.03. The number of hydrogen-bond donors (Lipinski definition) is 3. The third kappa shape index (κ3) is 1.52. The van der Waals surface area contributed by atoms with Crippen molar-refractivity contribution in [1.29, 1.82) is 0 Å². The van der Waals surface area contributed by atoms with Crippen molar-refractivity contribution in [3.63, 3.8) is 0 Å². The van der Waals surface area contributed by atoms with Crippen LogP contribution in [0.25, 0.3) is 21.9 Å². The highest BCUT2D eigenvalue weighted by atomic mass is 16.4. The van der Waals surface area contributed by atoms with Gasteiger partial charge in [-0.15, -0.1) is 0 Å². The average Bonchev–Trinajstić information content (AvgIpc) is 2.35. The summed E-state index contributed by atoms with van der Waals surface area (Å²) in [6, 6.07) is 5.44. The van der Waals surface area contributed by atoms with Crippen LogP contribution in [-0.2, 0) is 0 Å². The Hall–Kier alpha value is -2.69. The van der Waals surface area contributed by atoms with Crippen molar-refractivity contribution in [2.24, 2.45) is 0 Å². The summed E-state index contributed by atoms with van der Waals surface area (Å²) in [6.07, 6.45) is 0. The molecule has 0 spiro atoms. The van der Waals surface area contributed by atoms with E-state index < -0.39 is 5.75 Å². The Morgan fingerprint density at radius 1 is 1.11 bits per heavy atom. The molecule has 96 valence electrons. The molecule has 0 unspecified atom stereocenters. The molecule has 0 aliphatic carbocycles. The highest BCUT2D eigenvalue weighted by Crippen LogP contribution is 2.36. The highest BCUT2D eigenvalue weighted by Gasteiger charge is 2.16. The predicted molar refractivity (Wildman–Crippen MR) is 69.7 cm³/mol. The molecule has 0 bridgehead atoms. The zero-order valence-electron chi connectivity index (χ0n) is 9.97. The van der Waals surface area contributed by atoms with Crippen LogP contribution in [0.5, 0.6) is 17.2 Å². The second-order valence-corrected chi connectivity index (χ2v) is 4.38. The van der Waals surface area contributed by atoms with Crippen LogP contribution >= 0.6 is 0 Å². The van der Waals surface area contributed by atoms with Crippen LogP contribution in [0.1, 0.15) is 5.56 Å². The van der Waals surface area contributed by atoms with Gasteiger partial charge in [-0.3, -0.25) is 4.79 Å². The molecule has 0 radical (unpaired) electrons. The zero-order chi connectivity index (χ0) is 13.7. The van der Waals surface area contributed by atoms with Crippen molar-refractivity contribution in [3.05, 3.63) is 40.1 Å². The SMILES string of the molecule is Cc1cc(O)c(O)c2oc3cc(O)ccc3c(=O)c12. The number of fused-ring (bicyclic) bond motifs is 2. The van der Waals surface area contributed by atoms with E-state index in [0.717, 1.165) is 0 Å². The molecule has 19 heavy (non-hydrogen) atoms. The van der Waals surface area contributed by atoms with Crippen LogP contribution in [0.4, 0.5) is 0 Å². The molecular formula is C14H10O5. The summed E-state index contributed by atoms with van der Waals surface area (Å²) in [7, 11) is 0. The molecule has 3 aromatic rings. The van der Waals surface area contributed by atoms with E-state index in [4.69, 9.17) is 4.42 Å². The van der Waals surface area contributed by atoms with E-state index in [1.807, 2.05) is 0 Å². The van der Waals surface area contributed by atoms with Gasteiger partial charge in [-0.05, 0) is 30.7 Å². The molecule has 0 atom stereocenters. The molecular weight excluding hydrogens is 248 g/mol. The Bertz CT molecular complexity index is 877. The second-order valence-electron chi connectivity index (χ2n) is 4.38. The fraction of sp³-hybridized carbons (Fsp3) is 0.0714. The topological polar surface area (TPSA) is 90.9 Å². The minimum atomic E-state index is -0.483. The lowest BCUT2D eigenvalue weighted by molar-refractivity contribution is 0.401. The molecule has 0 aliphatic heterocycles. The van der Waals surface area contributed by atoms with Gasteiger partial charge in [0.05, 0.1) is 10.8 Å². The van der Waals surface area contributed by atoms with Gasteiger partial charge in [-0.25, -0.2) is 0 Å². The first kappa shape index (κ1) is 11.4. The Kier molecular flexibility index (Phi) is 2.19. The van der Waals surface area contributed by atoms with Crippen molar-refractivity contribution in [1.82, 2.24) is 0 Å². The Morgan fingerprint density at radius 3 is 2.58 bits per heavy atom. The first-order valence-electron chi connectivity index (χ1n) is 5.60. The van der Waals surface area contributed by atoms with E-state index in [1.54, 1.807) is 6.92 Å². The molecule has 0 saturated heterocycles. The van der Waals surface area contributed by atoms with Crippen LogP contribution in [0.3, 0.4) is 0 Å². The van der Waals surface area contributed by atoms with Gasteiger partial charge in [-0.1, -0.05) is 0 Å². The Balaban J connectivity index is 2.65. The van der Waals surface area contributed by atoms with Gasteiger partial charge < -0.3 is 19.7 Å². The van der Waals surface area contributed by atoms with Gasteiger partial charge in [0.25, 0.3) is 0 Å². The van der Waals surface area contributed by atoms with E-state index >= 15 is 0 Å². The van der Waals surface area contributed by atoms with Gasteiger partial charge in [0.1, 0.15) is 11.3 Å². The molecule has 1 heterocycles. The molecule has 0 amide bonds. The largest absolute Gasteiger partial charge is 0.508 e. The smallest absolute Gasteiger partial charge is 0.201 e. The van der Waals surface area contributed by atoms with Gasteiger partial charge in [0.15, 0.2) is 11.3 Å². The maximum atomic E-state index is 12.3. The number of aromatic hydroxyl groups is 3. The van der Waals surface area contributed by atoms with Gasteiger partial charge >= 0.3 is 0 Å². The van der Waals surface area contributed by atoms with Gasteiger partial charge in [0, 0.05) is 6.07 Å². The summed E-state index contributed by atoms with van der Waals surface area (Å²) in [6.45, 7) is 1.64. The minimum Gasteiger partial charge on any atom is -0.508 e. The van der Waals surface area contributed by atoms with Crippen LogP contribution in [0, 0.1) is 6.92 Å². The summed E-state index contributed by atoms with van der Waals surface area (Å²) in [5.41, 5.74) is 0.261. The maximum Gasteiger partial charge on any atom is 0.201 e. The second kappa shape index (κ2) is 3.65. The lowest BCUT2D eigenvalue weighted by atomic mass is 10.1. The van der Waals surface area contributed by atoms with Crippen LogP contribution in [0.2, 0.25) is 0 Å². The Labute approximate surface area is 107 Å². The number of phenolic OH excluding ortho intramolecular Hbond substituents is 3. The summed E-state index contributed by atoms with van der Waals surface area (Å²) in [5.74, 6) is -0.887. The van der Waals surface area contributed by atoms with Gasteiger partial charge in [0.2, 0.25) is 11.2 Å². The molecule has 3 N–H and O–H groups in total. The van der Waals surface area contributed by atoms with E-state index in [1.165, 1.54) is 24.3 Å². The number of phenols is 3. The summed E-state index contributed by atoms with van der Waals surface area (Å²) >= 11 is 0. The van der Waals surface area contributed by atoms with Crippen molar-refractivity contribution in [2.75, 3.05) is 0 Å². The molecule has 2 aromatic carbocycles. The third-order valence-corrected chi connectivity index (χ3v) is 3.08. The zero-order valence-corrected chi connectivity index (χ0v) is 9.97. The van der Waals surface area contributed by atoms with E-state index in [9.17, 15) is 20.1 Å². The molecule has 0 fully saturated rings. The average molecular weight is 258 g/mol. The number of benzene rings is 2. The maximum absolute atomic E-state index is 12.3. The Morgan fingerprint density at radius 2 is 1.84 bits per heavy atom. The summed E-state index contributed by atoms with van der Waals surface area (Å²) < 4.78 is 5.43. The summed E-state index contributed by atoms with van der Waals surface area (Å²) in [4.78, 5) is 12.3. The first-order valence-corrected chi connectivity index (χ1v) is 5.60.